The highest BCUT2D eigenvalue weighted by Gasteiger charge is 2.26. The molecule has 2 amide bonds. The highest BCUT2D eigenvalue weighted by molar-refractivity contribution is 5.74. The molecule has 1 aliphatic heterocycles. The van der Waals surface area contributed by atoms with Gasteiger partial charge in [-0.2, -0.15) is 0 Å². The van der Waals surface area contributed by atoms with Gasteiger partial charge < -0.3 is 15.0 Å². The van der Waals surface area contributed by atoms with Crippen molar-refractivity contribution in [3.8, 4) is 5.75 Å². The third-order valence-electron chi connectivity index (χ3n) is 4.23. The average Bonchev–Trinajstić information content (AvgIpc) is 2.45. The Hall–Kier alpha value is -1.71. The lowest BCUT2D eigenvalue weighted by molar-refractivity contribution is 0.144. The maximum Gasteiger partial charge on any atom is 0.317 e. The quantitative estimate of drug-likeness (QED) is 0.903. The predicted octanol–water partition coefficient (Wildman–Crippen LogP) is 4.22. The van der Waals surface area contributed by atoms with Crippen molar-refractivity contribution in [2.24, 2.45) is 11.8 Å². The molecule has 0 aromatic heterocycles. The summed E-state index contributed by atoms with van der Waals surface area (Å²) in [7, 11) is 0. The van der Waals surface area contributed by atoms with Gasteiger partial charge in [-0.3, -0.25) is 0 Å². The molecule has 1 aromatic rings. The standard InChI is InChI=1S/C19H30N2O2/c1-13(2)23-18-8-6-7-17(10-18)16(5)20-19(22)21-11-14(3)9-15(4)12-21/h6-8,10,13-16H,9,11-12H2,1-5H3,(H,20,22). The maximum absolute atomic E-state index is 12.5. The van der Waals surface area contributed by atoms with E-state index in [1.807, 2.05) is 49.9 Å². The van der Waals surface area contributed by atoms with E-state index in [0.29, 0.717) is 11.8 Å². The predicted molar refractivity (Wildman–Crippen MR) is 93.7 cm³/mol. The number of urea groups is 1. The highest BCUT2D eigenvalue weighted by Crippen LogP contribution is 2.23. The van der Waals surface area contributed by atoms with Gasteiger partial charge in [-0.1, -0.05) is 26.0 Å². The van der Waals surface area contributed by atoms with Crippen LogP contribution in [0.2, 0.25) is 0 Å². The van der Waals surface area contributed by atoms with Gasteiger partial charge in [-0.05, 0) is 56.7 Å². The third-order valence-corrected chi connectivity index (χ3v) is 4.23. The van der Waals surface area contributed by atoms with E-state index in [0.717, 1.165) is 24.4 Å². The molecule has 2 rings (SSSR count). The normalized spacial score (nSPS) is 22.8. The van der Waals surface area contributed by atoms with Crippen LogP contribution in [0.15, 0.2) is 24.3 Å². The molecule has 3 unspecified atom stereocenters. The summed E-state index contributed by atoms with van der Waals surface area (Å²) in [6.45, 7) is 12.2. The Morgan fingerprint density at radius 3 is 2.48 bits per heavy atom. The Balaban J connectivity index is 1.98. The molecular formula is C19H30N2O2. The van der Waals surface area contributed by atoms with Crippen LogP contribution in [0.3, 0.4) is 0 Å². The number of carbonyl (C=O) groups is 1. The summed E-state index contributed by atoms with van der Waals surface area (Å²) in [5.41, 5.74) is 1.06. The molecule has 1 fully saturated rings. The number of carbonyl (C=O) groups excluding carboxylic acids is 1. The fourth-order valence-electron chi connectivity index (χ4n) is 3.32. The molecule has 1 heterocycles. The minimum atomic E-state index is -0.0363. The summed E-state index contributed by atoms with van der Waals surface area (Å²) in [5.74, 6) is 1.99. The highest BCUT2D eigenvalue weighted by atomic mass is 16.5. The van der Waals surface area contributed by atoms with Gasteiger partial charge in [-0.25, -0.2) is 4.79 Å². The van der Waals surface area contributed by atoms with E-state index in [4.69, 9.17) is 4.74 Å². The number of nitrogens with one attached hydrogen (secondary N) is 1. The molecule has 0 bridgehead atoms. The van der Waals surface area contributed by atoms with Crippen molar-refractivity contribution < 1.29 is 9.53 Å². The van der Waals surface area contributed by atoms with E-state index >= 15 is 0 Å². The van der Waals surface area contributed by atoms with Gasteiger partial charge >= 0.3 is 6.03 Å². The SMILES string of the molecule is CC1CC(C)CN(C(=O)NC(C)c2cccc(OC(C)C)c2)C1. The Bertz CT molecular complexity index is 520. The van der Waals surface area contributed by atoms with E-state index < -0.39 is 0 Å². The Morgan fingerprint density at radius 1 is 1.22 bits per heavy atom. The van der Waals surface area contributed by atoms with E-state index in [9.17, 15) is 4.79 Å². The summed E-state index contributed by atoms with van der Waals surface area (Å²) in [6, 6.07) is 7.95. The van der Waals surface area contributed by atoms with E-state index in [-0.39, 0.29) is 18.2 Å². The minimum absolute atomic E-state index is 0.0334. The minimum Gasteiger partial charge on any atom is -0.491 e. The summed E-state index contributed by atoms with van der Waals surface area (Å²) in [6.07, 6.45) is 1.35. The van der Waals surface area contributed by atoms with Crippen molar-refractivity contribution in [1.29, 1.82) is 0 Å². The number of rotatable bonds is 4. The molecule has 128 valence electrons. The molecule has 4 nitrogen and oxygen atoms in total. The molecule has 4 heteroatoms. The van der Waals surface area contributed by atoms with E-state index in [1.54, 1.807) is 0 Å². The van der Waals surface area contributed by atoms with Crippen molar-refractivity contribution in [2.45, 2.75) is 53.2 Å². The van der Waals surface area contributed by atoms with Crippen molar-refractivity contribution >= 4 is 6.03 Å². The smallest absolute Gasteiger partial charge is 0.317 e. The summed E-state index contributed by atoms with van der Waals surface area (Å²) < 4.78 is 5.73. The van der Waals surface area contributed by atoms with Crippen molar-refractivity contribution in [2.75, 3.05) is 13.1 Å². The molecule has 0 saturated carbocycles. The van der Waals surface area contributed by atoms with Gasteiger partial charge in [0.25, 0.3) is 0 Å². The number of nitrogens with zero attached hydrogens (tertiary/aromatic N) is 1. The number of likely N-dealkylation sites (tertiary alicyclic amines) is 1. The zero-order valence-electron chi connectivity index (χ0n) is 15.0. The van der Waals surface area contributed by atoms with Crippen molar-refractivity contribution in [3.63, 3.8) is 0 Å². The second-order valence-corrected chi connectivity index (χ2v) is 7.26. The molecule has 3 atom stereocenters. The second-order valence-electron chi connectivity index (χ2n) is 7.26. The second kappa shape index (κ2) is 7.71. The third kappa shape index (κ3) is 5.15. The zero-order chi connectivity index (χ0) is 17.0. The van der Waals surface area contributed by atoms with Crippen LogP contribution in [0.5, 0.6) is 5.75 Å². The number of ether oxygens (including phenoxy) is 1. The van der Waals surface area contributed by atoms with Gasteiger partial charge in [0.15, 0.2) is 0 Å². The van der Waals surface area contributed by atoms with Gasteiger partial charge in [0, 0.05) is 13.1 Å². The topological polar surface area (TPSA) is 41.6 Å². The first-order valence-corrected chi connectivity index (χ1v) is 8.67. The lowest BCUT2D eigenvalue weighted by Gasteiger charge is -2.35. The molecule has 1 aliphatic rings. The van der Waals surface area contributed by atoms with Crippen LogP contribution in [0.25, 0.3) is 0 Å². The van der Waals surface area contributed by atoms with Crippen LogP contribution in [0, 0.1) is 11.8 Å². The molecule has 0 aliphatic carbocycles. The first-order valence-electron chi connectivity index (χ1n) is 8.67. The molecule has 1 aromatic carbocycles. The molecule has 1 N–H and O–H groups in total. The monoisotopic (exact) mass is 318 g/mol. The summed E-state index contributed by atoms with van der Waals surface area (Å²) in [4.78, 5) is 14.5. The molecule has 0 spiro atoms. The van der Waals surface area contributed by atoms with Gasteiger partial charge in [0.05, 0.1) is 12.1 Å². The van der Waals surface area contributed by atoms with Gasteiger partial charge in [0.2, 0.25) is 0 Å². The van der Waals surface area contributed by atoms with Crippen LogP contribution in [-0.4, -0.2) is 30.1 Å². The fraction of sp³-hybridized carbons (Fsp3) is 0.632. The van der Waals surface area contributed by atoms with Crippen LogP contribution in [-0.2, 0) is 0 Å². The van der Waals surface area contributed by atoms with Crippen LogP contribution in [0.1, 0.15) is 52.6 Å². The first kappa shape index (κ1) is 17.6. The molecule has 23 heavy (non-hydrogen) atoms. The number of benzene rings is 1. The summed E-state index contributed by atoms with van der Waals surface area (Å²) in [5, 5.41) is 3.12. The fourth-order valence-corrected chi connectivity index (χ4v) is 3.32. The summed E-state index contributed by atoms with van der Waals surface area (Å²) >= 11 is 0. The van der Waals surface area contributed by atoms with Gasteiger partial charge in [0.1, 0.15) is 5.75 Å². The lowest BCUT2D eigenvalue weighted by Crippen LogP contribution is -2.48. The number of hydrogen-bond donors (Lipinski definition) is 1. The van der Waals surface area contributed by atoms with Crippen LogP contribution >= 0.6 is 0 Å². The average molecular weight is 318 g/mol. The maximum atomic E-state index is 12.5. The molecule has 1 saturated heterocycles. The van der Waals surface area contributed by atoms with Crippen LogP contribution in [0.4, 0.5) is 4.79 Å². The number of hydrogen-bond acceptors (Lipinski definition) is 2. The number of amides is 2. The van der Waals surface area contributed by atoms with Crippen LogP contribution < -0.4 is 10.1 Å². The Morgan fingerprint density at radius 2 is 1.87 bits per heavy atom. The van der Waals surface area contributed by atoms with Gasteiger partial charge in [-0.15, -0.1) is 0 Å². The largest absolute Gasteiger partial charge is 0.491 e. The number of piperidine rings is 1. The van der Waals surface area contributed by atoms with Crippen molar-refractivity contribution in [3.05, 3.63) is 29.8 Å². The van der Waals surface area contributed by atoms with E-state index in [1.165, 1.54) is 6.42 Å². The van der Waals surface area contributed by atoms with Crippen molar-refractivity contribution in [1.82, 2.24) is 10.2 Å². The lowest BCUT2D eigenvalue weighted by atomic mass is 9.92. The first-order chi connectivity index (χ1) is 10.8. The Labute approximate surface area is 140 Å². The zero-order valence-corrected chi connectivity index (χ0v) is 15.0. The molecular weight excluding hydrogens is 288 g/mol. The Kier molecular flexibility index (Phi) is 5.91. The van der Waals surface area contributed by atoms with E-state index in [2.05, 4.69) is 19.2 Å². The molecule has 0 radical (unpaired) electrons.